The first kappa shape index (κ1) is 12.6. The van der Waals surface area contributed by atoms with Gasteiger partial charge in [0.25, 0.3) is 0 Å². The quantitative estimate of drug-likeness (QED) is 0.386. The minimum Gasteiger partial charge on any atom is -0.143 e. The molecule has 0 saturated heterocycles. The summed E-state index contributed by atoms with van der Waals surface area (Å²) in [7, 11) is 0. The highest BCUT2D eigenvalue weighted by atomic mass is 32.1. The van der Waals surface area contributed by atoms with Crippen molar-refractivity contribution in [3.63, 3.8) is 0 Å². The van der Waals surface area contributed by atoms with Crippen LogP contribution in [0.25, 0.3) is 20.5 Å². The van der Waals surface area contributed by atoms with Crippen LogP contribution in [0.4, 0.5) is 0 Å². The van der Waals surface area contributed by atoms with Crippen LogP contribution < -0.4 is 0 Å². The lowest BCUT2D eigenvalue weighted by Crippen LogP contribution is -2.21. The number of rotatable bonds is 1. The topological polar surface area (TPSA) is 0 Å². The van der Waals surface area contributed by atoms with E-state index in [1.807, 2.05) is 22.7 Å². The van der Waals surface area contributed by atoms with Crippen LogP contribution >= 0.6 is 22.7 Å². The van der Waals surface area contributed by atoms with Crippen molar-refractivity contribution in [2.24, 2.45) is 0 Å². The molecule has 2 aromatic heterocycles. The molecular formula is C20H14S2. The largest absolute Gasteiger partial charge is 0.143 e. The molecule has 0 atom stereocenters. The van der Waals surface area contributed by atoms with Gasteiger partial charge >= 0.3 is 0 Å². The molecule has 106 valence electrons. The molecule has 0 saturated carbocycles. The van der Waals surface area contributed by atoms with Crippen molar-refractivity contribution in [3.05, 3.63) is 82.0 Å². The molecule has 0 nitrogen and oxygen atoms in total. The highest BCUT2D eigenvalue weighted by Gasteiger charge is 2.43. The molecule has 1 aliphatic carbocycles. The van der Waals surface area contributed by atoms with E-state index in [4.69, 9.17) is 0 Å². The summed E-state index contributed by atoms with van der Waals surface area (Å²) in [5.74, 6) is 0. The first-order valence-electron chi connectivity index (χ1n) is 7.45. The lowest BCUT2D eigenvalue weighted by molar-refractivity contribution is 0.724. The third kappa shape index (κ3) is 1.42. The molecule has 2 aromatic carbocycles. The first-order valence-corrected chi connectivity index (χ1v) is 9.20. The zero-order chi connectivity index (χ0) is 14.7. The van der Waals surface area contributed by atoms with Crippen LogP contribution in [0.3, 0.4) is 0 Å². The Morgan fingerprint density at radius 3 is 2.05 bits per heavy atom. The standard InChI is InChI=1S/C20H14S2/c1-20(15-8-4-6-13-5-2-3-7-14(13)15)16-9-11-21-18(16)19-17(20)10-12-22-19/h2-12H,1H3. The van der Waals surface area contributed by atoms with Gasteiger partial charge in [0.05, 0.1) is 0 Å². The molecule has 0 bridgehead atoms. The van der Waals surface area contributed by atoms with Crippen LogP contribution in [0.15, 0.2) is 65.4 Å². The second kappa shape index (κ2) is 4.31. The Morgan fingerprint density at radius 1 is 0.682 bits per heavy atom. The highest BCUT2D eigenvalue weighted by molar-refractivity contribution is 7.21. The average molecular weight is 318 g/mol. The van der Waals surface area contributed by atoms with E-state index >= 15 is 0 Å². The summed E-state index contributed by atoms with van der Waals surface area (Å²) in [6.07, 6.45) is 0. The molecule has 0 aliphatic heterocycles. The Balaban J connectivity index is 1.92. The Bertz CT molecular complexity index is 958. The highest BCUT2D eigenvalue weighted by Crippen LogP contribution is 2.57. The molecular weight excluding hydrogens is 304 g/mol. The van der Waals surface area contributed by atoms with Gasteiger partial charge in [0, 0.05) is 15.2 Å². The van der Waals surface area contributed by atoms with E-state index in [1.54, 1.807) is 0 Å². The molecule has 2 heterocycles. The average Bonchev–Trinajstić information content (AvgIpc) is 3.25. The monoisotopic (exact) mass is 318 g/mol. The minimum absolute atomic E-state index is 0.0362. The van der Waals surface area contributed by atoms with Gasteiger partial charge in [-0.3, -0.25) is 0 Å². The van der Waals surface area contributed by atoms with Gasteiger partial charge in [0.15, 0.2) is 0 Å². The zero-order valence-electron chi connectivity index (χ0n) is 12.2. The molecule has 0 amide bonds. The van der Waals surface area contributed by atoms with Crippen molar-refractivity contribution < 1.29 is 0 Å². The SMILES string of the molecule is CC1(c2cccc3ccccc23)c2ccsc2-c2sccc21. The van der Waals surface area contributed by atoms with Gasteiger partial charge in [-0.05, 0) is 57.3 Å². The van der Waals surface area contributed by atoms with E-state index in [9.17, 15) is 0 Å². The van der Waals surface area contributed by atoms with Crippen molar-refractivity contribution in [2.75, 3.05) is 0 Å². The van der Waals surface area contributed by atoms with Gasteiger partial charge in [0.2, 0.25) is 0 Å². The fourth-order valence-electron chi connectivity index (χ4n) is 3.85. The van der Waals surface area contributed by atoms with Crippen LogP contribution in [0.5, 0.6) is 0 Å². The molecule has 22 heavy (non-hydrogen) atoms. The number of benzene rings is 2. The molecule has 0 fully saturated rings. The third-order valence-electron chi connectivity index (χ3n) is 4.94. The fourth-order valence-corrected chi connectivity index (χ4v) is 6.06. The summed E-state index contributed by atoms with van der Waals surface area (Å²) in [6, 6.07) is 20.1. The van der Waals surface area contributed by atoms with Crippen molar-refractivity contribution in [2.45, 2.75) is 12.3 Å². The Kier molecular flexibility index (Phi) is 2.47. The summed E-state index contributed by atoms with van der Waals surface area (Å²) < 4.78 is 0. The van der Waals surface area contributed by atoms with Gasteiger partial charge < -0.3 is 0 Å². The van der Waals surface area contributed by atoms with Crippen molar-refractivity contribution in [3.8, 4) is 9.75 Å². The number of fused-ring (bicyclic) bond motifs is 4. The van der Waals surface area contributed by atoms with E-state index in [0.717, 1.165) is 0 Å². The maximum atomic E-state index is 2.39. The predicted molar refractivity (Wildman–Crippen MR) is 97.1 cm³/mol. The fraction of sp³-hybridized carbons (Fsp3) is 0.100. The summed E-state index contributed by atoms with van der Waals surface area (Å²) in [6.45, 7) is 2.39. The number of hydrogen-bond donors (Lipinski definition) is 0. The second-order valence-corrected chi connectivity index (χ2v) is 7.81. The van der Waals surface area contributed by atoms with Crippen LogP contribution in [0.2, 0.25) is 0 Å². The van der Waals surface area contributed by atoms with Gasteiger partial charge in [-0.15, -0.1) is 22.7 Å². The lowest BCUT2D eigenvalue weighted by atomic mass is 9.74. The lowest BCUT2D eigenvalue weighted by Gasteiger charge is -2.28. The summed E-state index contributed by atoms with van der Waals surface area (Å²) in [4.78, 5) is 2.92. The van der Waals surface area contributed by atoms with Gasteiger partial charge in [0.1, 0.15) is 0 Å². The van der Waals surface area contributed by atoms with Gasteiger partial charge in [-0.2, -0.15) is 0 Å². The molecule has 5 rings (SSSR count). The molecule has 2 heteroatoms. The minimum atomic E-state index is -0.0362. The third-order valence-corrected chi connectivity index (χ3v) is 6.94. The molecule has 0 N–H and O–H groups in total. The Hall–Kier alpha value is -1.90. The normalized spacial score (nSPS) is 15.0. The number of hydrogen-bond acceptors (Lipinski definition) is 2. The maximum absolute atomic E-state index is 2.39. The molecule has 0 unspecified atom stereocenters. The molecule has 4 aromatic rings. The molecule has 0 spiro atoms. The zero-order valence-corrected chi connectivity index (χ0v) is 13.8. The van der Waals surface area contributed by atoms with Gasteiger partial charge in [-0.1, -0.05) is 42.5 Å². The van der Waals surface area contributed by atoms with E-state index in [0.29, 0.717) is 0 Å². The summed E-state index contributed by atoms with van der Waals surface area (Å²) in [5, 5.41) is 7.15. The Labute approximate surface area is 137 Å². The van der Waals surface area contributed by atoms with Crippen LogP contribution in [-0.2, 0) is 5.41 Å². The smallest absolute Gasteiger partial charge is 0.0490 e. The molecule has 1 aliphatic rings. The van der Waals surface area contributed by atoms with Crippen LogP contribution in [0.1, 0.15) is 23.6 Å². The Morgan fingerprint density at radius 2 is 1.32 bits per heavy atom. The van der Waals surface area contributed by atoms with E-state index < -0.39 is 0 Å². The number of thiophene rings is 2. The van der Waals surface area contributed by atoms with Crippen LogP contribution in [-0.4, -0.2) is 0 Å². The van der Waals surface area contributed by atoms with Gasteiger partial charge in [-0.25, -0.2) is 0 Å². The molecule has 0 radical (unpaired) electrons. The van der Waals surface area contributed by atoms with E-state index in [1.165, 1.54) is 37.2 Å². The maximum Gasteiger partial charge on any atom is 0.0490 e. The first-order chi connectivity index (χ1) is 10.8. The summed E-state index contributed by atoms with van der Waals surface area (Å²) in [5.41, 5.74) is 4.32. The van der Waals surface area contributed by atoms with Crippen LogP contribution in [0, 0.1) is 0 Å². The van der Waals surface area contributed by atoms with E-state index in [2.05, 4.69) is 72.3 Å². The summed E-state index contributed by atoms with van der Waals surface area (Å²) >= 11 is 3.74. The van der Waals surface area contributed by atoms with E-state index in [-0.39, 0.29) is 5.41 Å². The second-order valence-electron chi connectivity index (χ2n) is 5.98. The predicted octanol–water partition coefficient (Wildman–Crippen LogP) is 6.30. The van der Waals surface area contributed by atoms with Crippen molar-refractivity contribution in [1.29, 1.82) is 0 Å². The van der Waals surface area contributed by atoms with Crippen molar-refractivity contribution in [1.82, 2.24) is 0 Å². The van der Waals surface area contributed by atoms with Crippen molar-refractivity contribution >= 4 is 33.4 Å².